The molecular weight excluding hydrogens is 360 g/mol. The van der Waals surface area contributed by atoms with Gasteiger partial charge in [-0.2, -0.15) is 4.31 Å². The molecule has 0 spiro atoms. The van der Waals surface area contributed by atoms with Crippen molar-refractivity contribution in [1.82, 2.24) is 14.1 Å². The van der Waals surface area contributed by atoms with E-state index in [1.165, 1.54) is 34.5 Å². The number of sulfonamides is 1. The van der Waals surface area contributed by atoms with E-state index in [4.69, 9.17) is 0 Å². The Hall–Kier alpha value is -2.46. The molecule has 9 nitrogen and oxygen atoms in total. The van der Waals surface area contributed by atoms with Crippen molar-refractivity contribution in [3.05, 3.63) is 24.3 Å². The molecule has 1 N–H and O–H groups in total. The molecule has 1 heterocycles. The van der Waals surface area contributed by atoms with Gasteiger partial charge in [-0.05, 0) is 18.2 Å². The number of amides is 4. The highest BCUT2D eigenvalue weighted by Gasteiger charge is 2.34. The summed E-state index contributed by atoms with van der Waals surface area (Å²) in [7, 11) is -2.18. The van der Waals surface area contributed by atoms with E-state index in [-0.39, 0.29) is 17.1 Å². The molecule has 2 rings (SSSR count). The van der Waals surface area contributed by atoms with Crippen LogP contribution in [0.2, 0.25) is 0 Å². The number of benzene rings is 1. The second-order valence-corrected chi connectivity index (χ2v) is 7.72. The molecule has 1 fully saturated rings. The predicted molar refractivity (Wildman–Crippen MR) is 94.9 cm³/mol. The van der Waals surface area contributed by atoms with E-state index in [1.54, 1.807) is 19.9 Å². The van der Waals surface area contributed by atoms with Crippen molar-refractivity contribution < 1.29 is 22.8 Å². The SMILES string of the molecule is CCN(CC)S(=O)(=O)c1cccc(NC(=O)CN2C(=O)CN(C)C2=O)c1. The van der Waals surface area contributed by atoms with Gasteiger partial charge < -0.3 is 10.2 Å². The minimum absolute atomic E-state index is 0.0621. The Morgan fingerprint density at radius 1 is 1.23 bits per heavy atom. The Bertz CT molecular complexity index is 820. The van der Waals surface area contributed by atoms with Crippen molar-refractivity contribution in [2.75, 3.05) is 38.5 Å². The van der Waals surface area contributed by atoms with Gasteiger partial charge in [-0.15, -0.1) is 0 Å². The van der Waals surface area contributed by atoms with Crippen LogP contribution in [-0.2, 0) is 19.6 Å². The van der Waals surface area contributed by atoms with Crippen LogP contribution in [0.3, 0.4) is 0 Å². The second kappa shape index (κ2) is 7.83. The fourth-order valence-electron chi connectivity index (χ4n) is 2.62. The first-order valence-corrected chi connectivity index (χ1v) is 9.60. The number of urea groups is 1. The van der Waals surface area contributed by atoms with Gasteiger partial charge in [0.1, 0.15) is 13.1 Å². The number of imide groups is 1. The van der Waals surface area contributed by atoms with Gasteiger partial charge in [-0.25, -0.2) is 13.2 Å². The number of rotatable bonds is 7. The van der Waals surface area contributed by atoms with E-state index in [0.29, 0.717) is 13.1 Å². The maximum Gasteiger partial charge on any atom is 0.327 e. The molecule has 1 aromatic rings. The van der Waals surface area contributed by atoms with Crippen LogP contribution >= 0.6 is 0 Å². The Labute approximate surface area is 152 Å². The van der Waals surface area contributed by atoms with Crippen molar-refractivity contribution in [2.24, 2.45) is 0 Å². The van der Waals surface area contributed by atoms with Crippen LogP contribution in [0, 0.1) is 0 Å². The fourth-order valence-corrected chi connectivity index (χ4v) is 4.12. The number of nitrogens with zero attached hydrogens (tertiary/aromatic N) is 3. The third kappa shape index (κ3) is 4.02. The molecule has 26 heavy (non-hydrogen) atoms. The molecule has 4 amide bonds. The van der Waals surface area contributed by atoms with Gasteiger partial charge in [0, 0.05) is 25.8 Å². The molecule has 1 aliphatic heterocycles. The minimum Gasteiger partial charge on any atom is -0.324 e. The summed E-state index contributed by atoms with van der Waals surface area (Å²) in [5.41, 5.74) is 0.274. The quantitative estimate of drug-likeness (QED) is 0.693. The van der Waals surface area contributed by atoms with Gasteiger partial charge in [0.25, 0.3) is 5.91 Å². The van der Waals surface area contributed by atoms with Gasteiger partial charge in [-0.1, -0.05) is 19.9 Å². The number of hydrogen-bond donors (Lipinski definition) is 1. The van der Waals surface area contributed by atoms with Crippen molar-refractivity contribution >= 4 is 33.6 Å². The topological polar surface area (TPSA) is 107 Å². The standard InChI is InChI=1S/C16H22N4O5S/c1-4-19(5-2)26(24,25)13-8-6-7-12(9-13)17-14(21)10-20-15(22)11-18(3)16(20)23/h6-9H,4-5,10-11H2,1-3H3,(H,17,21). The molecule has 1 aliphatic rings. The summed E-state index contributed by atoms with van der Waals surface area (Å²) in [4.78, 5) is 37.8. The van der Waals surface area contributed by atoms with Crippen LogP contribution in [0.25, 0.3) is 0 Å². The molecule has 0 radical (unpaired) electrons. The van der Waals surface area contributed by atoms with Crippen molar-refractivity contribution in [3.63, 3.8) is 0 Å². The number of hydrogen-bond acceptors (Lipinski definition) is 5. The van der Waals surface area contributed by atoms with E-state index in [9.17, 15) is 22.8 Å². The Balaban J connectivity index is 2.12. The molecule has 142 valence electrons. The fraction of sp³-hybridized carbons (Fsp3) is 0.438. The first-order chi connectivity index (χ1) is 12.2. The average molecular weight is 382 g/mol. The summed E-state index contributed by atoms with van der Waals surface area (Å²) in [6.45, 7) is 3.67. The number of carbonyl (C=O) groups excluding carboxylic acids is 3. The highest BCUT2D eigenvalue weighted by Crippen LogP contribution is 2.19. The Kier molecular flexibility index (Phi) is 5.98. The smallest absolute Gasteiger partial charge is 0.324 e. The number of nitrogens with one attached hydrogen (secondary N) is 1. The molecule has 0 saturated carbocycles. The summed E-state index contributed by atoms with van der Waals surface area (Å²) < 4.78 is 26.4. The van der Waals surface area contributed by atoms with Gasteiger partial charge >= 0.3 is 6.03 Å². The maximum absolute atomic E-state index is 12.5. The summed E-state index contributed by atoms with van der Waals surface area (Å²) in [6.07, 6.45) is 0. The predicted octanol–water partition coefficient (Wildman–Crippen LogP) is 0.550. The van der Waals surface area contributed by atoms with Crippen LogP contribution in [0.5, 0.6) is 0 Å². The lowest BCUT2D eigenvalue weighted by molar-refractivity contribution is -0.129. The summed E-state index contributed by atoms with van der Waals surface area (Å²) in [5.74, 6) is -1.04. The van der Waals surface area contributed by atoms with Crippen LogP contribution in [0.4, 0.5) is 10.5 Å². The Morgan fingerprint density at radius 2 is 1.88 bits per heavy atom. The van der Waals surface area contributed by atoms with Gasteiger partial charge in [0.15, 0.2) is 0 Å². The maximum atomic E-state index is 12.5. The lowest BCUT2D eigenvalue weighted by Gasteiger charge is -2.19. The summed E-state index contributed by atoms with van der Waals surface area (Å²) >= 11 is 0. The normalized spacial score (nSPS) is 15.1. The molecule has 1 aromatic carbocycles. The lowest BCUT2D eigenvalue weighted by Crippen LogP contribution is -2.38. The molecule has 1 saturated heterocycles. The van der Waals surface area contributed by atoms with Crippen LogP contribution in [-0.4, -0.2) is 73.6 Å². The van der Waals surface area contributed by atoms with E-state index < -0.39 is 34.4 Å². The zero-order chi connectivity index (χ0) is 19.5. The van der Waals surface area contributed by atoms with Gasteiger partial charge in [0.05, 0.1) is 4.90 Å². The van der Waals surface area contributed by atoms with Gasteiger partial charge in [-0.3, -0.25) is 14.5 Å². The third-order valence-corrected chi connectivity index (χ3v) is 6.04. The Morgan fingerprint density at radius 3 is 2.42 bits per heavy atom. The molecule has 0 aromatic heterocycles. The summed E-state index contributed by atoms with van der Waals surface area (Å²) in [5, 5.41) is 2.53. The van der Waals surface area contributed by atoms with Crippen LogP contribution < -0.4 is 5.32 Å². The van der Waals surface area contributed by atoms with E-state index in [2.05, 4.69) is 5.32 Å². The number of likely N-dealkylation sites (N-methyl/N-ethyl adjacent to an activating group) is 1. The first-order valence-electron chi connectivity index (χ1n) is 8.16. The monoisotopic (exact) mass is 382 g/mol. The molecule has 0 bridgehead atoms. The zero-order valence-corrected chi connectivity index (χ0v) is 15.7. The highest BCUT2D eigenvalue weighted by atomic mass is 32.2. The van der Waals surface area contributed by atoms with E-state index in [0.717, 1.165) is 4.90 Å². The first kappa shape index (κ1) is 19.9. The number of carbonyl (C=O) groups is 3. The summed E-state index contributed by atoms with van der Waals surface area (Å²) in [6, 6.07) is 5.32. The number of anilines is 1. The largest absolute Gasteiger partial charge is 0.327 e. The third-order valence-electron chi connectivity index (χ3n) is 3.99. The molecule has 0 atom stereocenters. The zero-order valence-electron chi connectivity index (χ0n) is 14.9. The molecular formula is C16H22N4O5S. The highest BCUT2D eigenvalue weighted by molar-refractivity contribution is 7.89. The van der Waals surface area contributed by atoms with Crippen molar-refractivity contribution in [3.8, 4) is 0 Å². The average Bonchev–Trinajstić information content (AvgIpc) is 2.82. The molecule has 0 aliphatic carbocycles. The van der Waals surface area contributed by atoms with Crippen molar-refractivity contribution in [2.45, 2.75) is 18.7 Å². The van der Waals surface area contributed by atoms with E-state index in [1.807, 2.05) is 0 Å². The second-order valence-electron chi connectivity index (χ2n) is 5.78. The minimum atomic E-state index is -3.65. The molecule has 10 heteroatoms. The van der Waals surface area contributed by atoms with Crippen molar-refractivity contribution in [1.29, 1.82) is 0 Å². The lowest BCUT2D eigenvalue weighted by atomic mass is 10.3. The van der Waals surface area contributed by atoms with Crippen LogP contribution in [0.1, 0.15) is 13.8 Å². The van der Waals surface area contributed by atoms with E-state index >= 15 is 0 Å². The van der Waals surface area contributed by atoms with Crippen LogP contribution in [0.15, 0.2) is 29.2 Å². The van der Waals surface area contributed by atoms with Gasteiger partial charge in [0.2, 0.25) is 15.9 Å². The molecule has 0 unspecified atom stereocenters.